The molecule has 1 atom stereocenters. The van der Waals surface area contributed by atoms with Crippen LogP contribution in [0.4, 0.5) is 5.69 Å². The molecule has 2 rings (SSSR count). The highest BCUT2D eigenvalue weighted by Gasteiger charge is 2.20. The summed E-state index contributed by atoms with van der Waals surface area (Å²) in [5, 5.41) is 11.6. The van der Waals surface area contributed by atoms with E-state index in [1.54, 1.807) is 30.3 Å². The van der Waals surface area contributed by atoms with Gasteiger partial charge in [-0.05, 0) is 41.1 Å². The molecule has 0 aliphatic rings. The molecular weight excluding hydrogens is 362 g/mol. The predicted molar refractivity (Wildman–Crippen MR) is 86.6 cm³/mol. The van der Waals surface area contributed by atoms with E-state index in [-0.39, 0.29) is 5.56 Å². The number of carbonyl (C=O) groups excluding carboxylic acids is 2. The number of hydrogen-bond acceptors (Lipinski definition) is 5. The quantitative estimate of drug-likeness (QED) is 0.831. The lowest BCUT2D eigenvalue weighted by atomic mass is 10.2. The van der Waals surface area contributed by atoms with Gasteiger partial charge in [0, 0.05) is 16.9 Å². The van der Waals surface area contributed by atoms with E-state index >= 15 is 0 Å². The number of benzene rings is 1. The van der Waals surface area contributed by atoms with E-state index in [1.807, 2.05) is 6.07 Å². The van der Waals surface area contributed by atoms with Crippen molar-refractivity contribution in [3.63, 3.8) is 0 Å². The van der Waals surface area contributed by atoms with Gasteiger partial charge in [-0.15, -0.1) is 0 Å². The lowest BCUT2D eigenvalue weighted by Crippen LogP contribution is -2.30. The van der Waals surface area contributed by atoms with Crippen LogP contribution in [0.3, 0.4) is 0 Å². The van der Waals surface area contributed by atoms with Crippen molar-refractivity contribution >= 4 is 33.5 Å². The molecule has 1 aromatic heterocycles. The van der Waals surface area contributed by atoms with Crippen molar-refractivity contribution < 1.29 is 14.3 Å². The minimum atomic E-state index is -1.02. The summed E-state index contributed by atoms with van der Waals surface area (Å²) >= 11 is 3.21. The lowest BCUT2D eigenvalue weighted by Gasteiger charge is -2.14. The van der Waals surface area contributed by atoms with Gasteiger partial charge < -0.3 is 10.1 Å². The van der Waals surface area contributed by atoms with Gasteiger partial charge in [-0.2, -0.15) is 5.26 Å². The van der Waals surface area contributed by atoms with Crippen LogP contribution >= 0.6 is 15.9 Å². The maximum atomic E-state index is 12.1. The Hall–Kier alpha value is -2.72. The second-order valence-electron chi connectivity index (χ2n) is 4.59. The summed E-state index contributed by atoms with van der Waals surface area (Å²) in [6, 6.07) is 10.1. The Morgan fingerprint density at radius 2 is 2.09 bits per heavy atom. The average molecular weight is 374 g/mol. The number of amides is 1. The number of nitrogens with zero attached hydrogens (tertiary/aromatic N) is 2. The minimum absolute atomic E-state index is 0.233. The third-order valence-electron chi connectivity index (χ3n) is 2.90. The van der Waals surface area contributed by atoms with E-state index < -0.39 is 18.0 Å². The van der Waals surface area contributed by atoms with Crippen molar-refractivity contribution in [3.8, 4) is 6.07 Å². The standard InChI is InChI=1S/C16H12BrN3O3/c1-10(23-16(22)12-6-13(17)9-19-8-12)15(21)20-14-5-3-2-4-11(14)7-18/h2-6,8-10H,1H3,(H,20,21)/t10-/m0/s1. The van der Waals surface area contributed by atoms with E-state index in [2.05, 4.69) is 26.2 Å². The zero-order chi connectivity index (χ0) is 16.8. The molecule has 2 aromatic rings. The first kappa shape index (κ1) is 16.6. The van der Waals surface area contributed by atoms with Crippen molar-refractivity contribution in [1.29, 1.82) is 5.26 Å². The largest absolute Gasteiger partial charge is 0.449 e. The molecule has 1 N–H and O–H groups in total. The molecule has 0 bridgehead atoms. The van der Waals surface area contributed by atoms with Gasteiger partial charge in [-0.3, -0.25) is 9.78 Å². The second kappa shape index (κ2) is 7.51. The molecular formula is C16H12BrN3O3. The third-order valence-corrected chi connectivity index (χ3v) is 3.33. The zero-order valence-corrected chi connectivity index (χ0v) is 13.7. The summed E-state index contributed by atoms with van der Waals surface area (Å²) in [5.74, 6) is -1.18. The molecule has 1 heterocycles. The topological polar surface area (TPSA) is 92.1 Å². The molecule has 6 nitrogen and oxygen atoms in total. The number of hydrogen-bond donors (Lipinski definition) is 1. The number of halogens is 1. The summed E-state index contributed by atoms with van der Waals surface area (Å²) in [4.78, 5) is 27.9. The first-order chi connectivity index (χ1) is 11.0. The molecule has 7 heteroatoms. The fourth-order valence-electron chi connectivity index (χ4n) is 1.73. The molecule has 0 saturated heterocycles. The smallest absolute Gasteiger partial charge is 0.340 e. The van der Waals surface area contributed by atoms with Crippen molar-refractivity contribution in [2.45, 2.75) is 13.0 Å². The maximum absolute atomic E-state index is 12.1. The van der Waals surface area contributed by atoms with Crippen molar-refractivity contribution in [1.82, 2.24) is 4.98 Å². The number of aromatic nitrogens is 1. The molecule has 0 radical (unpaired) electrons. The monoisotopic (exact) mass is 373 g/mol. The Bertz CT molecular complexity index is 786. The molecule has 0 saturated carbocycles. The first-order valence-electron chi connectivity index (χ1n) is 6.63. The predicted octanol–water partition coefficient (Wildman–Crippen LogP) is 2.90. The van der Waals surface area contributed by atoms with Crippen LogP contribution < -0.4 is 5.32 Å². The van der Waals surface area contributed by atoms with E-state index in [4.69, 9.17) is 10.00 Å². The molecule has 0 aliphatic carbocycles. The van der Waals surface area contributed by atoms with Gasteiger partial charge in [0.2, 0.25) is 0 Å². The van der Waals surface area contributed by atoms with Crippen LogP contribution in [0.15, 0.2) is 47.2 Å². The van der Waals surface area contributed by atoms with E-state index in [9.17, 15) is 9.59 Å². The number of esters is 1. The zero-order valence-electron chi connectivity index (χ0n) is 12.1. The van der Waals surface area contributed by atoms with Crippen LogP contribution in [0.5, 0.6) is 0 Å². The molecule has 0 aliphatic heterocycles. The van der Waals surface area contributed by atoms with Crippen LogP contribution in [0, 0.1) is 11.3 Å². The third kappa shape index (κ3) is 4.37. The number of nitriles is 1. The molecule has 0 spiro atoms. The van der Waals surface area contributed by atoms with Crippen molar-refractivity contribution in [2.24, 2.45) is 0 Å². The summed E-state index contributed by atoms with van der Waals surface area (Å²) < 4.78 is 5.74. The Balaban J connectivity index is 2.03. The highest BCUT2D eigenvalue weighted by atomic mass is 79.9. The van der Waals surface area contributed by atoms with Gasteiger partial charge in [0.25, 0.3) is 5.91 Å². The van der Waals surface area contributed by atoms with Gasteiger partial charge >= 0.3 is 5.97 Å². The number of anilines is 1. The Morgan fingerprint density at radius 3 is 2.78 bits per heavy atom. The number of carbonyl (C=O) groups is 2. The summed E-state index contributed by atoms with van der Waals surface area (Å²) in [6.07, 6.45) is 1.86. The van der Waals surface area contributed by atoms with Crippen LogP contribution in [-0.2, 0) is 9.53 Å². The first-order valence-corrected chi connectivity index (χ1v) is 7.42. The summed E-state index contributed by atoms with van der Waals surface area (Å²) in [6.45, 7) is 1.45. The molecule has 23 heavy (non-hydrogen) atoms. The normalized spacial score (nSPS) is 11.2. The van der Waals surface area contributed by atoms with E-state index in [0.717, 1.165) is 0 Å². The van der Waals surface area contributed by atoms with Gasteiger partial charge in [0.1, 0.15) is 6.07 Å². The molecule has 1 aromatic carbocycles. The van der Waals surface area contributed by atoms with Crippen molar-refractivity contribution in [3.05, 3.63) is 58.3 Å². The molecule has 1 amide bonds. The lowest BCUT2D eigenvalue weighted by molar-refractivity contribution is -0.123. The van der Waals surface area contributed by atoms with Crippen LogP contribution in [-0.4, -0.2) is 23.0 Å². The number of rotatable bonds is 4. The van der Waals surface area contributed by atoms with Crippen LogP contribution in [0.1, 0.15) is 22.8 Å². The Kier molecular flexibility index (Phi) is 5.44. The van der Waals surface area contributed by atoms with Gasteiger partial charge in [-0.1, -0.05) is 12.1 Å². The summed E-state index contributed by atoms with van der Waals surface area (Å²) in [5.41, 5.74) is 0.930. The molecule has 0 fully saturated rings. The fraction of sp³-hybridized carbons (Fsp3) is 0.125. The molecule has 116 valence electrons. The Morgan fingerprint density at radius 1 is 1.35 bits per heavy atom. The van der Waals surface area contributed by atoms with E-state index in [0.29, 0.717) is 15.7 Å². The van der Waals surface area contributed by atoms with E-state index in [1.165, 1.54) is 19.3 Å². The minimum Gasteiger partial charge on any atom is -0.449 e. The van der Waals surface area contributed by atoms with Gasteiger partial charge in [0.05, 0.1) is 16.8 Å². The second-order valence-corrected chi connectivity index (χ2v) is 5.50. The number of para-hydroxylation sites is 1. The van der Waals surface area contributed by atoms with Crippen molar-refractivity contribution in [2.75, 3.05) is 5.32 Å². The van der Waals surface area contributed by atoms with Crippen LogP contribution in [0.2, 0.25) is 0 Å². The summed E-state index contributed by atoms with van der Waals surface area (Å²) in [7, 11) is 0. The Labute approximate surface area is 141 Å². The highest BCUT2D eigenvalue weighted by molar-refractivity contribution is 9.10. The maximum Gasteiger partial charge on any atom is 0.340 e. The van der Waals surface area contributed by atoms with Gasteiger partial charge in [0.15, 0.2) is 6.10 Å². The number of pyridine rings is 1. The number of ether oxygens (including phenoxy) is 1. The average Bonchev–Trinajstić information content (AvgIpc) is 2.55. The highest BCUT2D eigenvalue weighted by Crippen LogP contribution is 2.15. The van der Waals surface area contributed by atoms with Crippen LogP contribution in [0.25, 0.3) is 0 Å². The number of nitrogens with one attached hydrogen (secondary N) is 1. The fourth-order valence-corrected chi connectivity index (χ4v) is 2.09. The van der Waals surface area contributed by atoms with Gasteiger partial charge in [-0.25, -0.2) is 4.79 Å². The molecule has 0 unspecified atom stereocenters. The SMILES string of the molecule is C[C@H](OC(=O)c1cncc(Br)c1)C(=O)Nc1ccccc1C#N.